The number of pyridine rings is 1. The fourth-order valence-electron chi connectivity index (χ4n) is 4.20. The summed E-state index contributed by atoms with van der Waals surface area (Å²) in [7, 11) is 0. The number of nitrogens with zero attached hydrogens (tertiary/aromatic N) is 1. The Bertz CT molecular complexity index is 596. The summed E-state index contributed by atoms with van der Waals surface area (Å²) in [5.74, 6) is 0.250. The third-order valence-electron chi connectivity index (χ3n) is 6.30. The molecule has 0 aliphatic heterocycles. The number of amides is 1. The van der Waals surface area contributed by atoms with Gasteiger partial charge >= 0.3 is 0 Å². The SMILES string of the molecule is CC1(C)[C@]2(C(=O)NCc3ccccn3)CC[C@]1(C)C(=O)C2. The number of carbonyl (C=O) groups is 2. The van der Waals surface area contributed by atoms with Crippen LogP contribution in [-0.2, 0) is 16.1 Å². The van der Waals surface area contributed by atoms with Crippen LogP contribution in [0.1, 0.15) is 45.7 Å². The quantitative estimate of drug-likeness (QED) is 0.928. The van der Waals surface area contributed by atoms with Crippen molar-refractivity contribution in [3.05, 3.63) is 30.1 Å². The minimum absolute atomic E-state index is 0.00716. The molecule has 21 heavy (non-hydrogen) atoms. The van der Waals surface area contributed by atoms with Crippen LogP contribution in [0.2, 0.25) is 0 Å². The molecule has 2 aliphatic rings. The van der Waals surface area contributed by atoms with Crippen LogP contribution in [0.3, 0.4) is 0 Å². The standard InChI is InChI=1S/C17H22N2O2/c1-15(2)16(3)7-8-17(15,10-13(16)20)14(21)19-11-12-6-4-5-9-18-12/h4-6,9H,7-8,10-11H2,1-3H3,(H,19,21)/t16-,17-/m1/s1. The zero-order valence-electron chi connectivity index (χ0n) is 12.9. The highest BCUT2D eigenvalue weighted by molar-refractivity contribution is 5.99. The Hall–Kier alpha value is -1.71. The largest absolute Gasteiger partial charge is 0.350 e. The molecule has 1 aromatic rings. The molecule has 0 unspecified atom stereocenters. The summed E-state index contributed by atoms with van der Waals surface area (Å²) in [6.45, 7) is 6.59. The number of rotatable bonds is 3. The van der Waals surface area contributed by atoms with Gasteiger partial charge in [0.15, 0.2) is 0 Å². The molecule has 0 radical (unpaired) electrons. The summed E-state index contributed by atoms with van der Waals surface area (Å²) in [6, 6.07) is 5.65. The minimum Gasteiger partial charge on any atom is -0.350 e. The van der Waals surface area contributed by atoms with E-state index < -0.39 is 5.41 Å². The van der Waals surface area contributed by atoms with E-state index >= 15 is 0 Å². The molecule has 3 rings (SSSR count). The Kier molecular flexibility index (Phi) is 2.98. The first-order valence-electron chi connectivity index (χ1n) is 7.55. The normalized spacial score (nSPS) is 33.2. The van der Waals surface area contributed by atoms with Gasteiger partial charge in [-0.1, -0.05) is 26.8 Å². The second kappa shape index (κ2) is 4.39. The van der Waals surface area contributed by atoms with E-state index in [9.17, 15) is 9.59 Å². The van der Waals surface area contributed by atoms with Gasteiger partial charge in [-0.2, -0.15) is 0 Å². The maximum absolute atomic E-state index is 12.8. The molecule has 1 aromatic heterocycles. The van der Waals surface area contributed by atoms with Crippen LogP contribution < -0.4 is 5.32 Å². The lowest BCUT2D eigenvalue weighted by Crippen LogP contribution is -2.46. The van der Waals surface area contributed by atoms with E-state index in [0.717, 1.165) is 18.5 Å². The Morgan fingerprint density at radius 1 is 1.29 bits per heavy atom. The van der Waals surface area contributed by atoms with Gasteiger partial charge in [-0.3, -0.25) is 14.6 Å². The van der Waals surface area contributed by atoms with Crippen molar-refractivity contribution in [3.8, 4) is 0 Å². The molecule has 0 saturated heterocycles. The maximum atomic E-state index is 12.8. The van der Waals surface area contributed by atoms with Gasteiger partial charge < -0.3 is 5.32 Å². The fraction of sp³-hybridized carbons (Fsp3) is 0.588. The summed E-state index contributed by atoms with van der Waals surface area (Å²) >= 11 is 0. The predicted octanol–water partition coefficient (Wildman–Crippen LogP) is 2.48. The molecule has 2 saturated carbocycles. The molecule has 1 heterocycles. The van der Waals surface area contributed by atoms with Crippen molar-refractivity contribution in [2.24, 2.45) is 16.2 Å². The first-order chi connectivity index (χ1) is 9.83. The summed E-state index contributed by atoms with van der Waals surface area (Å²) in [5.41, 5.74) is -0.348. The molecule has 1 N–H and O–H groups in total. The first-order valence-corrected chi connectivity index (χ1v) is 7.55. The summed E-state index contributed by atoms with van der Waals surface area (Å²) in [4.78, 5) is 29.4. The van der Waals surface area contributed by atoms with Gasteiger partial charge in [0.05, 0.1) is 17.7 Å². The number of hydrogen-bond acceptors (Lipinski definition) is 3. The van der Waals surface area contributed by atoms with Crippen molar-refractivity contribution in [1.29, 1.82) is 0 Å². The number of nitrogens with one attached hydrogen (secondary N) is 1. The monoisotopic (exact) mass is 286 g/mol. The Morgan fingerprint density at radius 2 is 2.05 bits per heavy atom. The minimum atomic E-state index is -0.548. The number of hydrogen-bond donors (Lipinski definition) is 1. The average molecular weight is 286 g/mol. The zero-order valence-corrected chi connectivity index (χ0v) is 12.9. The lowest BCUT2D eigenvalue weighted by atomic mass is 9.64. The zero-order chi connectivity index (χ0) is 15.3. The molecule has 1 amide bonds. The van der Waals surface area contributed by atoms with Crippen LogP contribution in [-0.4, -0.2) is 16.7 Å². The summed E-state index contributed by atoms with van der Waals surface area (Å²) in [5, 5.41) is 3.00. The number of aromatic nitrogens is 1. The van der Waals surface area contributed by atoms with E-state index in [0.29, 0.717) is 13.0 Å². The second-order valence-electron chi connectivity index (χ2n) is 7.14. The molecule has 0 aromatic carbocycles. The summed E-state index contributed by atoms with van der Waals surface area (Å²) in [6.07, 6.45) is 3.71. The highest BCUT2D eigenvalue weighted by Gasteiger charge is 2.72. The van der Waals surface area contributed by atoms with Crippen LogP contribution in [0.4, 0.5) is 0 Å². The van der Waals surface area contributed by atoms with Crippen LogP contribution in [0.25, 0.3) is 0 Å². The molecule has 4 nitrogen and oxygen atoms in total. The lowest BCUT2D eigenvalue weighted by Gasteiger charge is -2.38. The average Bonchev–Trinajstić information content (AvgIpc) is 2.76. The van der Waals surface area contributed by atoms with Crippen LogP contribution in [0.15, 0.2) is 24.4 Å². The van der Waals surface area contributed by atoms with Crippen LogP contribution in [0.5, 0.6) is 0 Å². The highest BCUT2D eigenvalue weighted by atomic mass is 16.2. The smallest absolute Gasteiger partial charge is 0.227 e. The Morgan fingerprint density at radius 3 is 2.57 bits per heavy atom. The maximum Gasteiger partial charge on any atom is 0.227 e. The first kappa shape index (κ1) is 14.2. The Balaban J connectivity index is 1.80. The van der Waals surface area contributed by atoms with Gasteiger partial charge in [-0.05, 0) is 30.4 Å². The molecule has 2 atom stereocenters. The topological polar surface area (TPSA) is 59.1 Å². The second-order valence-corrected chi connectivity index (χ2v) is 7.14. The molecular weight excluding hydrogens is 264 g/mol. The molecule has 112 valence electrons. The number of ketones is 1. The molecule has 4 heteroatoms. The highest BCUT2D eigenvalue weighted by Crippen LogP contribution is 2.70. The molecule has 2 fully saturated rings. The van der Waals surface area contributed by atoms with Crippen molar-refractivity contribution < 1.29 is 9.59 Å². The Labute approximate surface area is 125 Å². The molecule has 2 bridgehead atoms. The van der Waals surface area contributed by atoms with E-state index in [1.165, 1.54) is 0 Å². The van der Waals surface area contributed by atoms with Crippen LogP contribution >= 0.6 is 0 Å². The van der Waals surface area contributed by atoms with Gasteiger partial charge in [0.1, 0.15) is 5.78 Å². The molecule has 2 aliphatic carbocycles. The van der Waals surface area contributed by atoms with Crippen molar-refractivity contribution in [3.63, 3.8) is 0 Å². The van der Waals surface area contributed by atoms with Gasteiger partial charge in [-0.25, -0.2) is 0 Å². The van der Waals surface area contributed by atoms with Crippen molar-refractivity contribution in [1.82, 2.24) is 10.3 Å². The number of carbonyl (C=O) groups excluding carboxylic acids is 2. The lowest BCUT2D eigenvalue weighted by molar-refractivity contribution is -0.136. The van der Waals surface area contributed by atoms with E-state index in [1.807, 2.05) is 25.1 Å². The van der Waals surface area contributed by atoms with Gasteiger partial charge in [0, 0.05) is 18.0 Å². The van der Waals surface area contributed by atoms with E-state index in [1.54, 1.807) is 6.20 Å². The fourth-order valence-corrected chi connectivity index (χ4v) is 4.20. The predicted molar refractivity (Wildman–Crippen MR) is 79.3 cm³/mol. The number of Topliss-reactive ketones (excluding diaryl/α,β-unsaturated/α-hetero) is 1. The van der Waals surface area contributed by atoms with Gasteiger partial charge in [0.2, 0.25) is 5.91 Å². The third-order valence-corrected chi connectivity index (χ3v) is 6.30. The van der Waals surface area contributed by atoms with Crippen molar-refractivity contribution in [2.75, 3.05) is 0 Å². The van der Waals surface area contributed by atoms with Crippen LogP contribution in [0, 0.1) is 16.2 Å². The van der Waals surface area contributed by atoms with E-state index in [4.69, 9.17) is 0 Å². The van der Waals surface area contributed by atoms with E-state index in [-0.39, 0.29) is 22.5 Å². The van der Waals surface area contributed by atoms with Crippen molar-refractivity contribution >= 4 is 11.7 Å². The summed E-state index contributed by atoms with van der Waals surface area (Å²) < 4.78 is 0. The van der Waals surface area contributed by atoms with Gasteiger partial charge in [0.25, 0.3) is 0 Å². The van der Waals surface area contributed by atoms with E-state index in [2.05, 4.69) is 24.1 Å². The molecule has 0 spiro atoms. The third kappa shape index (κ3) is 1.71. The molecular formula is C17H22N2O2. The number of fused-ring (bicyclic) bond motifs is 2. The van der Waals surface area contributed by atoms with Gasteiger partial charge in [-0.15, -0.1) is 0 Å². The van der Waals surface area contributed by atoms with Crippen molar-refractivity contribution in [2.45, 2.75) is 46.6 Å².